The van der Waals surface area contributed by atoms with Gasteiger partial charge >= 0.3 is 0 Å². The lowest BCUT2D eigenvalue weighted by atomic mass is 10.5. The maximum atomic E-state index is 12.5. The van der Waals surface area contributed by atoms with E-state index in [1.807, 2.05) is 0 Å². The van der Waals surface area contributed by atoms with Crippen LogP contribution in [0.4, 0.5) is 5.82 Å². The zero-order valence-electron chi connectivity index (χ0n) is 10.7. The summed E-state index contributed by atoms with van der Waals surface area (Å²) in [6.07, 6.45) is 2.27. The third kappa shape index (κ3) is 2.59. The predicted octanol–water partition coefficient (Wildman–Crippen LogP) is 0.635. The van der Waals surface area contributed by atoms with E-state index in [4.69, 9.17) is 10.5 Å². The van der Waals surface area contributed by atoms with E-state index in [1.54, 1.807) is 18.7 Å². The lowest BCUT2D eigenvalue weighted by molar-refractivity contribution is 0.189. The summed E-state index contributed by atoms with van der Waals surface area (Å²) in [7, 11) is -0.538. The van der Waals surface area contributed by atoms with Crippen molar-refractivity contribution in [3.8, 4) is 0 Å². The van der Waals surface area contributed by atoms with E-state index in [9.17, 15) is 8.42 Å². The lowest BCUT2D eigenvalue weighted by Crippen LogP contribution is -2.30. The molecular formula is C10H16N4O3S2. The average molecular weight is 304 g/mol. The van der Waals surface area contributed by atoms with Crippen molar-refractivity contribution >= 4 is 32.1 Å². The van der Waals surface area contributed by atoms with Crippen LogP contribution in [0.5, 0.6) is 0 Å². The van der Waals surface area contributed by atoms with Crippen LogP contribution < -0.4 is 5.73 Å². The minimum absolute atomic E-state index is 0.0312. The van der Waals surface area contributed by atoms with Crippen LogP contribution >= 0.6 is 11.3 Å². The summed E-state index contributed by atoms with van der Waals surface area (Å²) >= 11 is 1.34. The number of sulfonamides is 1. The third-order valence-corrected chi connectivity index (χ3v) is 5.37. The molecule has 19 heavy (non-hydrogen) atoms. The highest BCUT2D eigenvalue weighted by atomic mass is 32.2. The van der Waals surface area contributed by atoms with E-state index < -0.39 is 10.0 Å². The topological polar surface area (TPSA) is 89.9 Å². The summed E-state index contributed by atoms with van der Waals surface area (Å²) in [5.74, 6) is 0.0328. The number of ether oxygens (including phenoxy) is 1. The van der Waals surface area contributed by atoms with Crippen molar-refractivity contribution in [1.29, 1.82) is 0 Å². The number of thiazole rings is 1. The van der Waals surface area contributed by atoms with Crippen LogP contribution in [0, 0.1) is 0 Å². The van der Waals surface area contributed by atoms with Gasteiger partial charge in [-0.1, -0.05) is 0 Å². The zero-order chi connectivity index (χ0) is 14.0. The minimum atomic E-state index is -3.64. The Balaban J connectivity index is 2.33. The van der Waals surface area contributed by atoms with Crippen LogP contribution in [-0.2, 0) is 14.8 Å². The molecule has 0 fully saturated rings. The number of methoxy groups -OCH3 is 1. The number of fused-ring (bicyclic) bond motifs is 1. The summed E-state index contributed by atoms with van der Waals surface area (Å²) in [5, 5.41) is 1.80. The number of nitrogens with two attached hydrogens (primary N) is 1. The Bertz CT molecular complexity index is 661. The molecule has 106 valence electrons. The first kappa shape index (κ1) is 14.3. The molecule has 0 saturated heterocycles. The van der Waals surface area contributed by atoms with Crippen LogP contribution in [0.3, 0.4) is 0 Å². The Kier molecular flexibility index (Phi) is 4.09. The first-order chi connectivity index (χ1) is 8.98. The molecule has 0 radical (unpaired) electrons. The SMILES string of the molecule is COCCCN(C)S(=O)(=O)c1c(N)nc2sccn12. The van der Waals surface area contributed by atoms with Gasteiger partial charge in [-0.05, 0) is 6.42 Å². The molecule has 9 heteroatoms. The van der Waals surface area contributed by atoms with Gasteiger partial charge in [0, 0.05) is 38.9 Å². The molecule has 0 aliphatic carbocycles. The van der Waals surface area contributed by atoms with Crippen LogP contribution in [0.15, 0.2) is 16.6 Å². The second kappa shape index (κ2) is 5.45. The second-order valence-corrected chi connectivity index (χ2v) is 6.86. The molecule has 2 aromatic heterocycles. The van der Waals surface area contributed by atoms with Gasteiger partial charge in [-0.25, -0.2) is 13.4 Å². The van der Waals surface area contributed by atoms with E-state index in [1.165, 1.54) is 27.1 Å². The number of hydrogen-bond donors (Lipinski definition) is 1. The number of nitrogens with zero attached hydrogens (tertiary/aromatic N) is 3. The van der Waals surface area contributed by atoms with E-state index in [0.29, 0.717) is 24.5 Å². The molecule has 0 bridgehead atoms. The van der Waals surface area contributed by atoms with Crippen molar-refractivity contribution in [3.63, 3.8) is 0 Å². The molecular weight excluding hydrogens is 288 g/mol. The molecule has 0 unspecified atom stereocenters. The Labute approximate surface area is 115 Å². The monoisotopic (exact) mass is 304 g/mol. The average Bonchev–Trinajstić information content (AvgIpc) is 2.88. The molecule has 0 saturated carbocycles. The Morgan fingerprint density at radius 3 is 3.00 bits per heavy atom. The number of rotatable bonds is 6. The molecule has 0 aliphatic rings. The largest absolute Gasteiger partial charge is 0.385 e. The highest BCUT2D eigenvalue weighted by Gasteiger charge is 2.28. The molecule has 0 spiro atoms. The van der Waals surface area contributed by atoms with Gasteiger partial charge in [-0.3, -0.25) is 4.40 Å². The van der Waals surface area contributed by atoms with Crippen molar-refractivity contribution in [3.05, 3.63) is 11.6 Å². The molecule has 0 atom stereocenters. The van der Waals surface area contributed by atoms with Gasteiger partial charge in [0.15, 0.2) is 15.8 Å². The van der Waals surface area contributed by atoms with E-state index in [-0.39, 0.29) is 10.8 Å². The maximum absolute atomic E-state index is 12.5. The Morgan fingerprint density at radius 2 is 2.32 bits per heavy atom. The predicted molar refractivity (Wildman–Crippen MR) is 73.8 cm³/mol. The number of aromatic nitrogens is 2. The van der Waals surface area contributed by atoms with Gasteiger partial charge in [0.2, 0.25) is 0 Å². The number of imidazole rings is 1. The zero-order valence-corrected chi connectivity index (χ0v) is 12.4. The maximum Gasteiger partial charge on any atom is 0.262 e. The van der Waals surface area contributed by atoms with Crippen molar-refractivity contribution in [1.82, 2.24) is 13.7 Å². The minimum Gasteiger partial charge on any atom is -0.385 e. The second-order valence-electron chi connectivity index (χ2n) is 4.03. The van der Waals surface area contributed by atoms with E-state index in [0.717, 1.165) is 0 Å². The van der Waals surface area contributed by atoms with Crippen molar-refractivity contribution < 1.29 is 13.2 Å². The highest BCUT2D eigenvalue weighted by Crippen LogP contribution is 2.25. The van der Waals surface area contributed by atoms with Gasteiger partial charge < -0.3 is 10.5 Å². The molecule has 2 heterocycles. The summed E-state index contributed by atoms with van der Waals surface area (Å²) in [5.41, 5.74) is 5.72. The summed E-state index contributed by atoms with van der Waals surface area (Å²) in [6.45, 7) is 0.878. The van der Waals surface area contributed by atoms with Crippen LogP contribution in [-0.4, -0.2) is 49.4 Å². The van der Waals surface area contributed by atoms with Crippen LogP contribution in [0.1, 0.15) is 6.42 Å². The standard InChI is InChI=1S/C10H16N4O3S2/c1-13(4-3-6-17-2)19(15,16)9-8(11)12-10-14(9)5-7-18-10/h5,7H,3-4,6,11H2,1-2H3. The lowest BCUT2D eigenvalue weighted by Gasteiger charge is -2.16. The number of hydrogen-bond acceptors (Lipinski definition) is 6. The molecule has 2 N–H and O–H groups in total. The summed E-state index contributed by atoms with van der Waals surface area (Å²) in [6, 6.07) is 0. The van der Waals surface area contributed by atoms with Gasteiger partial charge in [-0.15, -0.1) is 11.3 Å². The van der Waals surface area contributed by atoms with Gasteiger partial charge in [0.05, 0.1) is 0 Å². The van der Waals surface area contributed by atoms with Crippen LogP contribution in [0.2, 0.25) is 0 Å². The fourth-order valence-corrected chi connectivity index (χ4v) is 3.89. The fraction of sp³-hybridized carbons (Fsp3) is 0.500. The molecule has 7 nitrogen and oxygen atoms in total. The van der Waals surface area contributed by atoms with Crippen molar-refractivity contribution in [2.45, 2.75) is 11.4 Å². The molecule has 2 aromatic rings. The number of anilines is 1. The van der Waals surface area contributed by atoms with Crippen LogP contribution in [0.25, 0.3) is 4.96 Å². The smallest absolute Gasteiger partial charge is 0.262 e. The highest BCUT2D eigenvalue weighted by molar-refractivity contribution is 7.89. The Hall–Kier alpha value is -1.16. The van der Waals surface area contributed by atoms with Crippen molar-refractivity contribution in [2.75, 3.05) is 33.0 Å². The molecule has 0 amide bonds. The first-order valence-corrected chi connectivity index (χ1v) is 7.96. The van der Waals surface area contributed by atoms with E-state index >= 15 is 0 Å². The summed E-state index contributed by atoms with van der Waals surface area (Å²) < 4.78 is 32.6. The van der Waals surface area contributed by atoms with Gasteiger partial charge in [0.1, 0.15) is 0 Å². The third-order valence-electron chi connectivity index (χ3n) is 2.72. The summed E-state index contributed by atoms with van der Waals surface area (Å²) in [4.78, 5) is 4.62. The van der Waals surface area contributed by atoms with Gasteiger partial charge in [-0.2, -0.15) is 4.31 Å². The fourth-order valence-electron chi connectivity index (χ4n) is 1.74. The normalized spacial score (nSPS) is 12.6. The molecule has 2 rings (SSSR count). The van der Waals surface area contributed by atoms with Crippen molar-refractivity contribution in [2.24, 2.45) is 0 Å². The van der Waals surface area contributed by atoms with E-state index in [2.05, 4.69) is 4.98 Å². The molecule has 0 aliphatic heterocycles. The molecule has 0 aromatic carbocycles. The Morgan fingerprint density at radius 1 is 1.58 bits per heavy atom. The number of nitrogen functional groups attached to an aromatic ring is 1. The quantitative estimate of drug-likeness (QED) is 0.791. The first-order valence-electron chi connectivity index (χ1n) is 5.64. The van der Waals surface area contributed by atoms with Gasteiger partial charge in [0.25, 0.3) is 10.0 Å².